The molecule has 0 saturated heterocycles. The highest BCUT2D eigenvalue weighted by Crippen LogP contribution is 2.43. The predicted molar refractivity (Wildman–Crippen MR) is 104 cm³/mol. The molecule has 0 aromatic heterocycles. The number of hydrogen-bond acceptors (Lipinski definition) is 4. The van der Waals surface area contributed by atoms with Gasteiger partial charge in [-0.05, 0) is 50.0 Å². The van der Waals surface area contributed by atoms with Gasteiger partial charge in [0.2, 0.25) is 0 Å². The first-order valence-corrected chi connectivity index (χ1v) is 9.06. The topological polar surface area (TPSA) is 26.7 Å². The molecule has 126 valence electrons. The fraction of sp³-hybridized carbons (Fsp3) is 0.300. The van der Waals surface area contributed by atoms with E-state index in [1.54, 1.807) is 11.9 Å². The summed E-state index contributed by atoms with van der Waals surface area (Å²) < 4.78 is 2.22. The van der Waals surface area contributed by atoms with E-state index in [0.717, 1.165) is 35.5 Å². The van der Waals surface area contributed by atoms with E-state index >= 15 is 0 Å². The largest absolute Gasteiger partial charge is 0.507 e. The molecule has 3 rings (SSSR count). The third kappa shape index (κ3) is 3.45. The lowest BCUT2D eigenvalue weighted by Crippen LogP contribution is -2.36. The lowest BCUT2D eigenvalue weighted by molar-refractivity contribution is 0.475. The number of rotatable bonds is 4. The molecule has 1 aliphatic heterocycles. The van der Waals surface area contributed by atoms with E-state index in [1.165, 1.54) is 5.69 Å². The average molecular weight is 340 g/mol. The van der Waals surface area contributed by atoms with Crippen molar-refractivity contribution in [1.82, 2.24) is 4.31 Å². The molecule has 2 aromatic rings. The number of phenolic OH excluding ortho intramolecular Hbond substituents is 1. The fourth-order valence-corrected chi connectivity index (χ4v) is 4.06. The van der Waals surface area contributed by atoms with Crippen molar-refractivity contribution >= 4 is 17.6 Å². The summed E-state index contributed by atoms with van der Waals surface area (Å²) in [4.78, 5) is 3.53. The van der Waals surface area contributed by atoms with Crippen molar-refractivity contribution < 1.29 is 5.11 Å². The minimum atomic E-state index is 0.332. The summed E-state index contributed by atoms with van der Waals surface area (Å²) in [5, 5.41) is 10.6. The van der Waals surface area contributed by atoms with Crippen LogP contribution in [0.4, 0.5) is 5.69 Å². The van der Waals surface area contributed by atoms with E-state index in [9.17, 15) is 5.11 Å². The standard InChI is InChI=1S/C20H24N2OS/c1-4-8-15(2)22-12-11-21(3)24-20-14-19(23)17(13-18(20)22)16-9-6-5-7-10-16/h4-7,9-10,13-15,23H,1,8,11-12H2,2-3H3. The number of anilines is 1. The summed E-state index contributed by atoms with van der Waals surface area (Å²) >= 11 is 1.70. The molecule has 2 aromatic carbocycles. The van der Waals surface area contributed by atoms with Gasteiger partial charge in [-0.1, -0.05) is 36.4 Å². The van der Waals surface area contributed by atoms with Crippen LogP contribution in [0.2, 0.25) is 0 Å². The number of benzene rings is 2. The van der Waals surface area contributed by atoms with Gasteiger partial charge in [-0.2, -0.15) is 0 Å². The number of phenols is 1. The molecule has 1 aliphatic rings. The van der Waals surface area contributed by atoms with Crippen LogP contribution in [0, 0.1) is 0 Å². The lowest BCUT2D eigenvalue weighted by atomic mass is 10.0. The zero-order chi connectivity index (χ0) is 17.1. The van der Waals surface area contributed by atoms with Crippen LogP contribution in [-0.2, 0) is 0 Å². The first-order valence-electron chi connectivity index (χ1n) is 8.29. The molecule has 0 bridgehead atoms. The van der Waals surface area contributed by atoms with Crippen LogP contribution >= 0.6 is 11.9 Å². The molecular formula is C20H24N2OS. The second-order valence-corrected chi connectivity index (χ2v) is 7.46. The van der Waals surface area contributed by atoms with Crippen LogP contribution in [0.3, 0.4) is 0 Å². The van der Waals surface area contributed by atoms with Crippen molar-refractivity contribution in [2.24, 2.45) is 0 Å². The third-order valence-corrected chi connectivity index (χ3v) is 5.44. The van der Waals surface area contributed by atoms with E-state index in [1.807, 2.05) is 42.5 Å². The van der Waals surface area contributed by atoms with Gasteiger partial charge in [-0.15, -0.1) is 6.58 Å². The third-order valence-electron chi connectivity index (χ3n) is 4.42. The predicted octanol–water partition coefficient (Wildman–Crippen LogP) is 4.78. The molecule has 1 N–H and O–H groups in total. The van der Waals surface area contributed by atoms with Gasteiger partial charge in [0.25, 0.3) is 0 Å². The quantitative estimate of drug-likeness (QED) is 0.640. The van der Waals surface area contributed by atoms with Gasteiger partial charge in [0.1, 0.15) is 5.75 Å². The molecule has 0 fully saturated rings. The smallest absolute Gasteiger partial charge is 0.124 e. The van der Waals surface area contributed by atoms with Crippen LogP contribution in [0.15, 0.2) is 60.0 Å². The lowest BCUT2D eigenvalue weighted by Gasteiger charge is -2.31. The summed E-state index contributed by atoms with van der Waals surface area (Å²) in [5.41, 5.74) is 3.11. The zero-order valence-electron chi connectivity index (χ0n) is 14.3. The summed E-state index contributed by atoms with van der Waals surface area (Å²) in [6, 6.07) is 14.5. The molecule has 24 heavy (non-hydrogen) atoms. The monoisotopic (exact) mass is 340 g/mol. The molecule has 0 saturated carbocycles. The van der Waals surface area contributed by atoms with Crippen molar-refractivity contribution in [2.45, 2.75) is 24.3 Å². The van der Waals surface area contributed by atoms with Gasteiger partial charge in [0.15, 0.2) is 0 Å². The SMILES string of the molecule is C=CCC(C)N1CCN(C)Sc2cc(O)c(-c3ccccc3)cc21. The Bertz CT molecular complexity index is 717. The van der Waals surface area contributed by atoms with E-state index in [0.29, 0.717) is 11.8 Å². The minimum absolute atomic E-state index is 0.332. The van der Waals surface area contributed by atoms with Gasteiger partial charge in [0, 0.05) is 24.7 Å². The highest BCUT2D eigenvalue weighted by Gasteiger charge is 2.24. The number of fused-ring (bicyclic) bond motifs is 1. The Kier molecular flexibility index (Phi) is 5.17. The maximum Gasteiger partial charge on any atom is 0.124 e. The first-order chi connectivity index (χ1) is 11.6. The average Bonchev–Trinajstić information content (AvgIpc) is 2.73. The van der Waals surface area contributed by atoms with Gasteiger partial charge in [-0.25, -0.2) is 4.31 Å². The minimum Gasteiger partial charge on any atom is -0.507 e. The Hall–Kier alpha value is -1.91. The van der Waals surface area contributed by atoms with Gasteiger partial charge < -0.3 is 10.0 Å². The second kappa shape index (κ2) is 7.32. The van der Waals surface area contributed by atoms with Crippen LogP contribution in [0.25, 0.3) is 11.1 Å². The summed E-state index contributed by atoms with van der Waals surface area (Å²) in [6.45, 7) is 8.06. The maximum absolute atomic E-state index is 10.6. The van der Waals surface area contributed by atoms with E-state index in [2.05, 4.69) is 35.8 Å². The Morgan fingerprint density at radius 3 is 2.71 bits per heavy atom. The molecule has 4 heteroatoms. The first kappa shape index (κ1) is 16.9. The van der Waals surface area contributed by atoms with E-state index < -0.39 is 0 Å². The maximum atomic E-state index is 10.6. The molecule has 1 heterocycles. The normalized spacial score (nSPS) is 16.3. The van der Waals surface area contributed by atoms with Crippen molar-refractivity contribution in [3.63, 3.8) is 0 Å². The molecule has 0 aliphatic carbocycles. The molecule has 0 spiro atoms. The highest BCUT2D eigenvalue weighted by atomic mass is 32.2. The Morgan fingerprint density at radius 2 is 2.00 bits per heavy atom. The molecule has 0 radical (unpaired) electrons. The molecule has 3 nitrogen and oxygen atoms in total. The number of likely N-dealkylation sites (N-methyl/N-ethyl adjacent to an activating group) is 1. The molecule has 1 atom stereocenters. The summed E-state index contributed by atoms with van der Waals surface area (Å²) in [6.07, 6.45) is 2.92. The van der Waals surface area contributed by atoms with Gasteiger partial charge in [-0.3, -0.25) is 0 Å². The Labute approximate surface area is 148 Å². The highest BCUT2D eigenvalue weighted by molar-refractivity contribution is 7.97. The number of nitrogens with zero attached hydrogens (tertiary/aromatic N) is 2. The van der Waals surface area contributed by atoms with Gasteiger partial charge >= 0.3 is 0 Å². The Balaban J connectivity index is 2.10. The van der Waals surface area contributed by atoms with E-state index in [4.69, 9.17) is 0 Å². The number of hydrogen-bond donors (Lipinski definition) is 1. The van der Waals surface area contributed by atoms with Crippen LogP contribution in [0.1, 0.15) is 13.3 Å². The van der Waals surface area contributed by atoms with Crippen LogP contribution in [0.5, 0.6) is 5.75 Å². The van der Waals surface area contributed by atoms with Crippen LogP contribution in [-0.4, -0.2) is 35.6 Å². The van der Waals surface area contributed by atoms with Crippen molar-refractivity contribution in [3.05, 3.63) is 55.1 Å². The van der Waals surface area contributed by atoms with Gasteiger partial charge in [0.05, 0.1) is 10.6 Å². The van der Waals surface area contributed by atoms with Crippen molar-refractivity contribution in [1.29, 1.82) is 0 Å². The number of aromatic hydroxyl groups is 1. The summed E-state index contributed by atoms with van der Waals surface area (Å²) in [5.74, 6) is 0.332. The van der Waals surface area contributed by atoms with E-state index in [-0.39, 0.29) is 0 Å². The van der Waals surface area contributed by atoms with Crippen molar-refractivity contribution in [2.75, 3.05) is 25.0 Å². The van der Waals surface area contributed by atoms with Crippen LogP contribution < -0.4 is 4.90 Å². The fourth-order valence-electron chi connectivity index (χ4n) is 3.11. The Morgan fingerprint density at radius 1 is 1.25 bits per heavy atom. The molecular weight excluding hydrogens is 316 g/mol. The molecule has 0 amide bonds. The van der Waals surface area contributed by atoms with Crippen molar-refractivity contribution in [3.8, 4) is 16.9 Å². The molecule has 1 unspecified atom stereocenters. The second-order valence-electron chi connectivity index (χ2n) is 6.21. The zero-order valence-corrected chi connectivity index (χ0v) is 15.1. The summed E-state index contributed by atoms with van der Waals surface area (Å²) in [7, 11) is 2.10.